The number of anilines is 1. The van der Waals surface area contributed by atoms with Gasteiger partial charge in [-0.05, 0) is 24.6 Å². The first-order chi connectivity index (χ1) is 11.4. The molecule has 1 aromatic carbocycles. The van der Waals surface area contributed by atoms with Crippen LogP contribution in [-0.2, 0) is 9.53 Å². The largest absolute Gasteiger partial charge is 0.475 e. The fraction of sp³-hybridized carbons (Fsp3) is 0.200. The molecule has 0 amide bonds. The number of esters is 1. The van der Waals surface area contributed by atoms with Gasteiger partial charge in [0.1, 0.15) is 6.04 Å². The third-order valence-corrected chi connectivity index (χ3v) is 3.89. The fourth-order valence-corrected chi connectivity index (χ4v) is 2.70. The van der Waals surface area contributed by atoms with Gasteiger partial charge in [-0.3, -0.25) is 0 Å². The second kappa shape index (κ2) is 5.97. The molecule has 0 bridgehead atoms. The number of ether oxygens (including phenoxy) is 1. The minimum atomic E-state index is -1.26. The Morgan fingerprint density at radius 3 is 2.58 bits per heavy atom. The number of carbonyl (C=O) groups is 2. The van der Waals surface area contributed by atoms with Crippen LogP contribution in [0.4, 0.5) is 5.95 Å². The van der Waals surface area contributed by atoms with Crippen molar-refractivity contribution in [1.82, 2.24) is 14.8 Å². The van der Waals surface area contributed by atoms with Crippen molar-refractivity contribution >= 4 is 29.5 Å². The summed E-state index contributed by atoms with van der Waals surface area (Å²) >= 11 is 5.92. The number of carboxylic acids is 1. The summed E-state index contributed by atoms with van der Waals surface area (Å²) in [6.45, 7) is 1.69. The van der Waals surface area contributed by atoms with Gasteiger partial charge >= 0.3 is 11.9 Å². The van der Waals surface area contributed by atoms with Crippen LogP contribution in [0.25, 0.3) is 0 Å². The van der Waals surface area contributed by atoms with Crippen molar-refractivity contribution in [3.05, 3.63) is 51.9 Å². The summed E-state index contributed by atoms with van der Waals surface area (Å²) in [6.07, 6.45) is 0. The summed E-state index contributed by atoms with van der Waals surface area (Å²) in [6, 6.07) is 6.16. The number of nitrogens with one attached hydrogen (secondary N) is 1. The quantitative estimate of drug-likeness (QED) is 0.818. The van der Waals surface area contributed by atoms with Crippen LogP contribution in [0, 0.1) is 0 Å². The second-order valence-corrected chi connectivity index (χ2v) is 5.55. The molecule has 2 N–H and O–H groups in total. The topological polar surface area (TPSA) is 106 Å². The van der Waals surface area contributed by atoms with Crippen molar-refractivity contribution in [3.8, 4) is 0 Å². The van der Waals surface area contributed by atoms with E-state index in [0.717, 1.165) is 0 Å². The monoisotopic (exact) mass is 348 g/mol. The summed E-state index contributed by atoms with van der Waals surface area (Å²) in [5.41, 5.74) is 1.52. The van der Waals surface area contributed by atoms with Crippen LogP contribution in [0.2, 0.25) is 5.02 Å². The first-order valence-corrected chi connectivity index (χ1v) is 7.31. The lowest BCUT2D eigenvalue weighted by atomic mass is 9.96. The first-order valence-electron chi connectivity index (χ1n) is 6.93. The Hall–Kier alpha value is -2.87. The Bertz CT molecular complexity index is 857. The number of nitrogens with zero attached hydrogens (tertiary/aromatic N) is 3. The Kier molecular flexibility index (Phi) is 3.98. The molecule has 1 aliphatic rings. The molecule has 0 aliphatic carbocycles. The van der Waals surface area contributed by atoms with Crippen molar-refractivity contribution in [1.29, 1.82) is 0 Å². The van der Waals surface area contributed by atoms with Gasteiger partial charge in [0.25, 0.3) is 5.82 Å². The number of methoxy groups -OCH3 is 1. The van der Waals surface area contributed by atoms with E-state index in [1.54, 1.807) is 31.2 Å². The molecular weight excluding hydrogens is 336 g/mol. The maximum atomic E-state index is 12.3. The molecule has 0 fully saturated rings. The number of halogens is 1. The highest BCUT2D eigenvalue weighted by Gasteiger charge is 2.35. The SMILES string of the molecule is COC(=O)C1=C(C)Nc2nc(C(=O)O)nn2C1c1ccc(Cl)cc1. The summed E-state index contributed by atoms with van der Waals surface area (Å²) in [5, 5.41) is 16.6. The second-order valence-electron chi connectivity index (χ2n) is 5.12. The summed E-state index contributed by atoms with van der Waals surface area (Å²) < 4.78 is 6.22. The number of carbonyl (C=O) groups excluding carboxylic acids is 1. The smallest absolute Gasteiger partial charge is 0.375 e. The number of aromatic carboxylic acids is 1. The lowest BCUT2D eigenvalue weighted by molar-refractivity contribution is -0.136. The lowest BCUT2D eigenvalue weighted by Gasteiger charge is -2.27. The van der Waals surface area contributed by atoms with Crippen LogP contribution >= 0.6 is 11.6 Å². The number of rotatable bonds is 3. The molecule has 1 unspecified atom stereocenters. The van der Waals surface area contributed by atoms with Gasteiger partial charge in [-0.2, -0.15) is 4.98 Å². The number of allylic oxidation sites excluding steroid dienone is 1. The lowest BCUT2D eigenvalue weighted by Crippen LogP contribution is -2.29. The molecule has 3 rings (SSSR count). The van der Waals surface area contributed by atoms with Crippen LogP contribution in [-0.4, -0.2) is 38.9 Å². The highest BCUT2D eigenvalue weighted by atomic mass is 35.5. The zero-order chi connectivity index (χ0) is 17.4. The van der Waals surface area contributed by atoms with Gasteiger partial charge in [0.2, 0.25) is 5.95 Å². The average molecular weight is 349 g/mol. The third-order valence-electron chi connectivity index (χ3n) is 3.63. The van der Waals surface area contributed by atoms with E-state index in [4.69, 9.17) is 21.4 Å². The van der Waals surface area contributed by atoms with Gasteiger partial charge in [0.05, 0.1) is 12.7 Å². The van der Waals surface area contributed by atoms with E-state index in [1.165, 1.54) is 11.8 Å². The number of hydrogen-bond donors (Lipinski definition) is 2. The molecule has 24 heavy (non-hydrogen) atoms. The van der Waals surface area contributed by atoms with Gasteiger partial charge in [0.15, 0.2) is 0 Å². The fourth-order valence-electron chi connectivity index (χ4n) is 2.57. The van der Waals surface area contributed by atoms with E-state index in [-0.39, 0.29) is 11.8 Å². The molecule has 1 aliphatic heterocycles. The average Bonchev–Trinajstić information content (AvgIpc) is 2.97. The predicted octanol–water partition coefficient (Wildman–Crippen LogP) is 2.09. The summed E-state index contributed by atoms with van der Waals surface area (Å²) in [4.78, 5) is 27.4. The highest BCUT2D eigenvalue weighted by Crippen LogP contribution is 2.35. The van der Waals surface area contributed by atoms with E-state index in [1.807, 2.05) is 0 Å². The molecule has 124 valence electrons. The molecule has 0 spiro atoms. The zero-order valence-corrected chi connectivity index (χ0v) is 13.5. The van der Waals surface area contributed by atoms with Gasteiger partial charge in [0, 0.05) is 10.7 Å². The van der Waals surface area contributed by atoms with Crippen LogP contribution in [0.15, 0.2) is 35.5 Å². The van der Waals surface area contributed by atoms with E-state index in [0.29, 0.717) is 21.9 Å². The molecule has 1 aromatic heterocycles. The maximum absolute atomic E-state index is 12.3. The molecule has 2 aromatic rings. The normalized spacial score (nSPS) is 16.4. The zero-order valence-electron chi connectivity index (χ0n) is 12.8. The number of fused-ring (bicyclic) bond motifs is 1. The van der Waals surface area contributed by atoms with Gasteiger partial charge in [-0.15, -0.1) is 5.10 Å². The molecule has 0 saturated carbocycles. The molecule has 1 atom stereocenters. The first kappa shape index (κ1) is 16.0. The number of hydrogen-bond acceptors (Lipinski definition) is 6. The molecule has 8 nitrogen and oxygen atoms in total. The van der Waals surface area contributed by atoms with Gasteiger partial charge in [-0.25, -0.2) is 14.3 Å². The molecule has 2 heterocycles. The van der Waals surface area contributed by atoms with Crippen LogP contribution in [0.1, 0.15) is 29.1 Å². The third kappa shape index (κ3) is 2.61. The van der Waals surface area contributed by atoms with Crippen LogP contribution in [0.3, 0.4) is 0 Å². The minimum absolute atomic E-state index is 0.234. The molecule has 9 heteroatoms. The number of carboxylic acid groups (broad SMARTS) is 1. The predicted molar refractivity (Wildman–Crippen MR) is 84.9 cm³/mol. The van der Waals surface area contributed by atoms with Crippen LogP contribution in [0.5, 0.6) is 0 Å². The van der Waals surface area contributed by atoms with Crippen molar-refractivity contribution < 1.29 is 19.4 Å². The van der Waals surface area contributed by atoms with E-state index in [2.05, 4.69) is 15.4 Å². The van der Waals surface area contributed by atoms with Crippen LogP contribution < -0.4 is 5.32 Å². The molecule has 0 saturated heterocycles. The van der Waals surface area contributed by atoms with Crippen molar-refractivity contribution in [2.75, 3.05) is 12.4 Å². The highest BCUT2D eigenvalue weighted by molar-refractivity contribution is 6.30. The van der Waals surface area contributed by atoms with Crippen molar-refractivity contribution in [2.24, 2.45) is 0 Å². The van der Waals surface area contributed by atoms with Gasteiger partial charge in [-0.1, -0.05) is 23.7 Å². The maximum Gasteiger partial charge on any atom is 0.375 e. The van der Waals surface area contributed by atoms with E-state index in [9.17, 15) is 9.59 Å². The van der Waals surface area contributed by atoms with Crippen molar-refractivity contribution in [2.45, 2.75) is 13.0 Å². The van der Waals surface area contributed by atoms with E-state index >= 15 is 0 Å². The summed E-state index contributed by atoms with van der Waals surface area (Å²) in [7, 11) is 1.28. The minimum Gasteiger partial charge on any atom is -0.475 e. The number of aromatic nitrogens is 3. The Labute approximate surface area is 141 Å². The standard InChI is InChI=1S/C15H13ClN4O4/c1-7-10(14(23)24-2)11(8-3-5-9(16)6-4-8)20-15(17-7)18-12(19-20)13(21)22/h3-6,11H,1-2H3,(H,21,22)(H,17,18,19). The molecular formula is C15H13ClN4O4. The summed E-state index contributed by atoms with van der Waals surface area (Å²) in [5.74, 6) is -1.93. The Balaban J connectivity index is 2.20. The Morgan fingerprint density at radius 2 is 2.00 bits per heavy atom. The number of benzene rings is 1. The molecule has 0 radical (unpaired) electrons. The Morgan fingerprint density at radius 1 is 1.33 bits per heavy atom. The van der Waals surface area contributed by atoms with Gasteiger partial charge < -0.3 is 15.2 Å². The van der Waals surface area contributed by atoms with Crippen molar-refractivity contribution in [3.63, 3.8) is 0 Å². The van der Waals surface area contributed by atoms with E-state index < -0.39 is 18.0 Å².